The largest absolute Gasteiger partial charge is 0.395 e. The van der Waals surface area contributed by atoms with Gasteiger partial charge in [-0.05, 0) is 12.8 Å². The topological polar surface area (TPSA) is 84.5 Å². The van der Waals surface area contributed by atoms with Crippen molar-refractivity contribution in [3.8, 4) is 0 Å². The molecule has 0 aliphatic carbocycles. The lowest BCUT2D eigenvalue weighted by Crippen LogP contribution is -2.36. The number of fused-ring (bicyclic) bond motifs is 1. The molecule has 18 heavy (non-hydrogen) atoms. The van der Waals surface area contributed by atoms with E-state index in [1.807, 2.05) is 11.8 Å². The number of urea groups is 1. The maximum Gasteiger partial charge on any atom is 0.315 e. The highest BCUT2D eigenvalue weighted by Gasteiger charge is 2.42. The van der Waals surface area contributed by atoms with E-state index in [0.29, 0.717) is 11.7 Å². The normalized spacial score (nSPS) is 29.3. The van der Waals surface area contributed by atoms with Crippen molar-refractivity contribution in [2.75, 3.05) is 5.75 Å². The first-order valence-electron chi connectivity index (χ1n) is 6.02. The fraction of sp³-hybridized carbons (Fsp3) is 0.727. The van der Waals surface area contributed by atoms with Crippen molar-refractivity contribution in [1.29, 1.82) is 0 Å². The molecule has 0 spiro atoms. The highest BCUT2D eigenvalue weighted by atomic mass is 32.2. The predicted molar refractivity (Wildman–Crippen MR) is 66.1 cm³/mol. The number of hydrogen-bond acceptors (Lipinski definition) is 5. The molecule has 2 N–H and O–H groups in total. The van der Waals surface area contributed by atoms with E-state index in [2.05, 4.69) is 15.4 Å². The Bertz CT molecular complexity index is 350. The van der Waals surface area contributed by atoms with Crippen LogP contribution < -0.4 is 10.6 Å². The first kappa shape index (κ1) is 13.2. The number of esters is 1. The molecule has 0 saturated carbocycles. The lowest BCUT2D eigenvalue weighted by atomic mass is 10.0. The van der Waals surface area contributed by atoms with Gasteiger partial charge >= 0.3 is 18.5 Å². The molecule has 2 aliphatic heterocycles. The summed E-state index contributed by atoms with van der Waals surface area (Å²) in [6.07, 6.45) is 2.84. The van der Waals surface area contributed by atoms with Gasteiger partial charge in [0.05, 0.1) is 12.1 Å². The summed E-state index contributed by atoms with van der Waals surface area (Å²) in [5.74, 6) is 0.471. The number of carbonyl (C=O) groups is 3. The fourth-order valence-electron chi connectivity index (χ4n) is 2.37. The van der Waals surface area contributed by atoms with Crippen LogP contribution in [0.3, 0.4) is 0 Å². The molecule has 2 heterocycles. The Morgan fingerprint density at radius 3 is 3.06 bits per heavy atom. The molecular weight excluding hydrogens is 256 g/mol. The van der Waals surface area contributed by atoms with Crippen molar-refractivity contribution in [1.82, 2.24) is 10.6 Å². The van der Waals surface area contributed by atoms with Gasteiger partial charge in [0.1, 0.15) is 0 Å². The molecule has 0 radical (unpaired) electrons. The van der Waals surface area contributed by atoms with Gasteiger partial charge in [-0.25, -0.2) is 4.79 Å². The van der Waals surface area contributed by atoms with E-state index >= 15 is 0 Å². The minimum absolute atomic E-state index is 0.0788. The van der Waals surface area contributed by atoms with Crippen LogP contribution in [-0.2, 0) is 14.3 Å². The molecule has 7 heteroatoms. The zero-order valence-corrected chi connectivity index (χ0v) is 10.7. The number of ether oxygens (including phenoxy) is 1. The Labute approximate surface area is 109 Å². The summed E-state index contributed by atoms with van der Waals surface area (Å²) in [6, 6.07) is 0.377. The van der Waals surface area contributed by atoms with Gasteiger partial charge in [0.25, 0.3) is 0 Å². The van der Waals surface area contributed by atoms with Gasteiger partial charge in [-0.2, -0.15) is 11.8 Å². The molecular formula is C11H16N2O4S. The van der Waals surface area contributed by atoms with E-state index < -0.39 is 5.97 Å². The number of amides is 2. The monoisotopic (exact) mass is 272 g/mol. The Morgan fingerprint density at radius 2 is 2.28 bits per heavy atom. The quantitative estimate of drug-likeness (QED) is 0.240. The average Bonchev–Trinajstić information content (AvgIpc) is 2.85. The molecule has 0 aromatic heterocycles. The zero-order valence-electron chi connectivity index (χ0n) is 9.89. The standard InChI is InChI=1S/C11H16N2O4S/c14-6-17-9(15)4-2-1-3-8-10-7(5-18-8)12-11(16)13-10/h6-8,10H,1-5H2,(H2,12,13,16)/t7-,8-,10-/m1/s1. The first-order chi connectivity index (χ1) is 8.70. The molecule has 100 valence electrons. The van der Waals surface area contributed by atoms with Gasteiger partial charge in [-0.1, -0.05) is 6.42 Å². The Hall–Kier alpha value is -1.24. The molecule has 3 atom stereocenters. The van der Waals surface area contributed by atoms with Crippen molar-refractivity contribution < 1.29 is 19.1 Å². The molecule has 0 aromatic carbocycles. The summed E-state index contributed by atoms with van der Waals surface area (Å²) in [7, 11) is 0. The minimum Gasteiger partial charge on any atom is -0.395 e. The fourth-order valence-corrected chi connectivity index (χ4v) is 3.91. The van der Waals surface area contributed by atoms with Crippen LogP contribution in [0.15, 0.2) is 0 Å². The third-order valence-electron chi connectivity index (χ3n) is 3.24. The maximum absolute atomic E-state index is 11.2. The van der Waals surface area contributed by atoms with Crippen LogP contribution in [0, 0.1) is 0 Å². The second kappa shape index (κ2) is 6.08. The highest BCUT2D eigenvalue weighted by molar-refractivity contribution is 8.00. The van der Waals surface area contributed by atoms with E-state index in [1.165, 1.54) is 0 Å². The van der Waals surface area contributed by atoms with E-state index in [4.69, 9.17) is 0 Å². The van der Waals surface area contributed by atoms with Crippen LogP contribution in [-0.4, -0.2) is 41.6 Å². The Balaban J connectivity index is 1.64. The Morgan fingerprint density at radius 1 is 1.44 bits per heavy atom. The average molecular weight is 272 g/mol. The van der Waals surface area contributed by atoms with Crippen molar-refractivity contribution in [3.05, 3.63) is 0 Å². The number of carbonyl (C=O) groups excluding carboxylic acids is 3. The molecule has 0 unspecified atom stereocenters. The second-order valence-electron chi connectivity index (χ2n) is 4.45. The smallest absolute Gasteiger partial charge is 0.315 e. The van der Waals surface area contributed by atoms with E-state index in [1.54, 1.807) is 0 Å². The molecule has 0 aromatic rings. The zero-order chi connectivity index (χ0) is 13.0. The van der Waals surface area contributed by atoms with Gasteiger partial charge in [-0.3, -0.25) is 9.59 Å². The number of thioether (sulfide) groups is 1. The predicted octanol–water partition coefficient (Wildman–Crippen LogP) is 0.412. The van der Waals surface area contributed by atoms with Gasteiger partial charge in [0, 0.05) is 17.4 Å². The summed E-state index contributed by atoms with van der Waals surface area (Å²) in [5, 5.41) is 6.23. The van der Waals surface area contributed by atoms with Crippen LogP contribution >= 0.6 is 11.8 Å². The number of unbranched alkanes of at least 4 members (excludes halogenated alkanes) is 1. The number of rotatable bonds is 6. The molecule has 0 bridgehead atoms. The molecule has 2 fully saturated rings. The van der Waals surface area contributed by atoms with Crippen molar-refractivity contribution in [2.24, 2.45) is 0 Å². The number of nitrogens with one attached hydrogen (secondary N) is 2. The second-order valence-corrected chi connectivity index (χ2v) is 5.73. The van der Waals surface area contributed by atoms with Crippen LogP contribution in [0.5, 0.6) is 0 Å². The molecule has 6 nitrogen and oxygen atoms in total. The lowest BCUT2D eigenvalue weighted by molar-refractivity contribution is -0.151. The van der Waals surface area contributed by atoms with E-state index in [9.17, 15) is 14.4 Å². The maximum atomic E-state index is 11.2. The number of hydrogen-bond donors (Lipinski definition) is 2. The summed E-state index contributed by atoms with van der Waals surface area (Å²) >= 11 is 1.86. The van der Waals surface area contributed by atoms with Crippen molar-refractivity contribution in [3.63, 3.8) is 0 Å². The SMILES string of the molecule is O=COC(=O)CCCC[C@H]1SC[C@H]2NC(=O)N[C@H]21. The van der Waals surface area contributed by atoms with Crippen LogP contribution in [0.1, 0.15) is 25.7 Å². The molecule has 2 aliphatic rings. The van der Waals surface area contributed by atoms with Gasteiger partial charge in [0.2, 0.25) is 0 Å². The summed E-state index contributed by atoms with van der Waals surface area (Å²) in [5.41, 5.74) is 0. The van der Waals surface area contributed by atoms with Crippen molar-refractivity contribution >= 4 is 30.2 Å². The third kappa shape index (κ3) is 3.16. The van der Waals surface area contributed by atoms with Gasteiger partial charge < -0.3 is 15.4 Å². The molecule has 2 amide bonds. The third-order valence-corrected chi connectivity index (χ3v) is 4.75. The Kier molecular flexibility index (Phi) is 4.46. The van der Waals surface area contributed by atoms with E-state index in [0.717, 1.165) is 18.6 Å². The summed E-state index contributed by atoms with van der Waals surface area (Å²) in [6.45, 7) is 0.166. The van der Waals surface area contributed by atoms with Crippen LogP contribution in [0.25, 0.3) is 0 Å². The highest BCUT2D eigenvalue weighted by Crippen LogP contribution is 2.33. The van der Waals surface area contributed by atoms with Crippen LogP contribution in [0.4, 0.5) is 4.79 Å². The summed E-state index contributed by atoms with van der Waals surface area (Å²) < 4.78 is 4.21. The van der Waals surface area contributed by atoms with E-state index in [-0.39, 0.29) is 31.0 Å². The van der Waals surface area contributed by atoms with Crippen LogP contribution in [0.2, 0.25) is 0 Å². The first-order valence-corrected chi connectivity index (χ1v) is 7.07. The molecule has 2 rings (SSSR count). The van der Waals surface area contributed by atoms with Crippen molar-refractivity contribution in [2.45, 2.75) is 43.0 Å². The minimum atomic E-state index is -0.474. The summed E-state index contributed by atoms with van der Waals surface area (Å²) in [4.78, 5) is 32.0. The van der Waals surface area contributed by atoms with Gasteiger partial charge in [-0.15, -0.1) is 0 Å². The van der Waals surface area contributed by atoms with Gasteiger partial charge in [0.15, 0.2) is 0 Å². The molecule has 2 saturated heterocycles. The lowest BCUT2D eigenvalue weighted by Gasteiger charge is -2.16.